The van der Waals surface area contributed by atoms with Crippen molar-refractivity contribution in [2.75, 3.05) is 6.54 Å². The summed E-state index contributed by atoms with van der Waals surface area (Å²) in [7, 11) is 0. The van der Waals surface area contributed by atoms with Crippen LogP contribution in [-0.4, -0.2) is 37.8 Å². The third kappa shape index (κ3) is 3.10. The monoisotopic (exact) mass is 253 g/mol. The third-order valence-electron chi connectivity index (χ3n) is 3.29. The number of aryl methyl sites for hydroxylation is 1. The Labute approximate surface area is 108 Å². The van der Waals surface area contributed by atoms with Crippen molar-refractivity contribution in [1.82, 2.24) is 14.7 Å². The molecule has 0 saturated heterocycles. The van der Waals surface area contributed by atoms with Crippen LogP contribution >= 0.6 is 0 Å². The molecule has 1 heterocycles. The fourth-order valence-electron chi connectivity index (χ4n) is 1.94. The first-order chi connectivity index (χ1) is 8.43. The van der Waals surface area contributed by atoms with Gasteiger partial charge in [0.25, 0.3) is 0 Å². The van der Waals surface area contributed by atoms with Crippen LogP contribution in [-0.2, 0) is 17.9 Å². The van der Waals surface area contributed by atoms with Crippen LogP contribution in [0.3, 0.4) is 0 Å². The van der Waals surface area contributed by atoms with Crippen molar-refractivity contribution >= 4 is 5.97 Å². The van der Waals surface area contributed by atoms with Gasteiger partial charge in [0.2, 0.25) is 0 Å². The van der Waals surface area contributed by atoms with Crippen molar-refractivity contribution in [3.8, 4) is 0 Å². The maximum atomic E-state index is 11.3. The SMILES string of the molecule is CCCn1nccc1CN(CC)C(C)(C)C(=O)O. The molecule has 0 atom stereocenters. The minimum Gasteiger partial charge on any atom is -0.480 e. The molecule has 0 aliphatic rings. The van der Waals surface area contributed by atoms with E-state index in [1.807, 2.05) is 22.6 Å². The van der Waals surface area contributed by atoms with Gasteiger partial charge in [-0.15, -0.1) is 0 Å². The molecule has 0 spiro atoms. The van der Waals surface area contributed by atoms with E-state index in [1.165, 1.54) is 0 Å². The Kier molecular flexibility index (Phi) is 4.90. The zero-order chi connectivity index (χ0) is 13.8. The number of rotatable bonds is 7. The van der Waals surface area contributed by atoms with Gasteiger partial charge in [0.1, 0.15) is 5.54 Å². The lowest BCUT2D eigenvalue weighted by Crippen LogP contribution is -2.49. The third-order valence-corrected chi connectivity index (χ3v) is 3.29. The number of carboxylic acids is 1. The smallest absolute Gasteiger partial charge is 0.323 e. The molecule has 5 heteroatoms. The number of nitrogens with zero attached hydrogens (tertiary/aromatic N) is 3. The van der Waals surface area contributed by atoms with E-state index < -0.39 is 11.5 Å². The predicted octanol–water partition coefficient (Wildman–Crippen LogP) is 1.98. The number of carboxylic acid groups (broad SMARTS) is 1. The first kappa shape index (κ1) is 14.7. The summed E-state index contributed by atoms with van der Waals surface area (Å²) < 4.78 is 1.95. The van der Waals surface area contributed by atoms with Crippen LogP contribution < -0.4 is 0 Å². The van der Waals surface area contributed by atoms with E-state index >= 15 is 0 Å². The van der Waals surface area contributed by atoms with Crippen molar-refractivity contribution in [3.05, 3.63) is 18.0 Å². The Morgan fingerprint density at radius 1 is 1.50 bits per heavy atom. The summed E-state index contributed by atoms with van der Waals surface area (Å²) in [6.45, 7) is 9.72. The van der Waals surface area contributed by atoms with Gasteiger partial charge in [0.15, 0.2) is 0 Å². The molecule has 0 saturated carbocycles. The normalized spacial score (nSPS) is 12.1. The summed E-state index contributed by atoms with van der Waals surface area (Å²) in [5.74, 6) is -0.800. The second-order valence-corrected chi connectivity index (χ2v) is 4.92. The molecule has 0 amide bonds. The average Bonchev–Trinajstić information content (AvgIpc) is 2.73. The number of aromatic nitrogens is 2. The van der Waals surface area contributed by atoms with E-state index in [-0.39, 0.29) is 0 Å². The Morgan fingerprint density at radius 3 is 2.67 bits per heavy atom. The second kappa shape index (κ2) is 6.00. The number of hydrogen-bond donors (Lipinski definition) is 1. The molecule has 1 rings (SSSR count). The summed E-state index contributed by atoms with van der Waals surface area (Å²) in [6, 6.07) is 1.95. The van der Waals surface area contributed by atoms with Crippen LogP contribution in [0.15, 0.2) is 12.3 Å². The molecule has 1 aromatic rings. The van der Waals surface area contributed by atoms with Crippen LogP contribution in [0.5, 0.6) is 0 Å². The molecular formula is C13H23N3O2. The van der Waals surface area contributed by atoms with Gasteiger partial charge in [-0.25, -0.2) is 0 Å². The lowest BCUT2D eigenvalue weighted by atomic mass is 10.0. The summed E-state index contributed by atoms with van der Waals surface area (Å²) in [6.07, 6.45) is 2.79. The summed E-state index contributed by atoms with van der Waals surface area (Å²) in [4.78, 5) is 13.2. The molecule has 0 aliphatic heterocycles. The van der Waals surface area contributed by atoms with Gasteiger partial charge in [-0.05, 0) is 32.9 Å². The fraction of sp³-hybridized carbons (Fsp3) is 0.692. The Morgan fingerprint density at radius 2 is 2.17 bits per heavy atom. The Balaban J connectivity index is 2.86. The van der Waals surface area contributed by atoms with Crippen molar-refractivity contribution in [1.29, 1.82) is 0 Å². The minimum atomic E-state index is -0.865. The van der Waals surface area contributed by atoms with Gasteiger partial charge in [0.05, 0.1) is 5.69 Å². The quantitative estimate of drug-likeness (QED) is 0.807. The zero-order valence-electron chi connectivity index (χ0n) is 11.7. The van der Waals surface area contributed by atoms with Crippen LogP contribution in [0, 0.1) is 0 Å². The van der Waals surface area contributed by atoms with Gasteiger partial charge in [-0.3, -0.25) is 14.4 Å². The van der Waals surface area contributed by atoms with Crippen LogP contribution in [0.2, 0.25) is 0 Å². The zero-order valence-corrected chi connectivity index (χ0v) is 11.7. The highest BCUT2D eigenvalue weighted by Crippen LogP contribution is 2.18. The lowest BCUT2D eigenvalue weighted by Gasteiger charge is -2.34. The molecule has 18 heavy (non-hydrogen) atoms. The van der Waals surface area contributed by atoms with Crippen LogP contribution in [0.1, 0.15) is 39.8 Å². The minimum absolute atomic E-state index is 0.607. The van der Waals surface area contributed by atoms with E-state index in [1.54, 1.807) is 20.0 Å². The molecule has 102 valence electrons. The molecule has 0 radical (unpaired) electrons. The highest BCUT2D eigenvalue weighted by Gasteiger charge is 2.33. The highest BCUT2D eigenvalue weighted by molar-refractivity contribution is 5.77. The number of hydrogen-bond acceptors (Lipinski definition) is 3. The predicted molar refractivity (Wildman–Crippen MR) is 70.3 cm³/mol. The van der Waals surface area contributed by atoms with Gasteiger partial charge < -0.3 is 5.11 Å². The molecule has 0 bridgehead atoms. The summed E-state index contributed by atoms with van der Waals surface area (Å²) in [5.41, 5.74) is 0.198. The average molecular weight is 253 g/mol. The lowest BCUT2D eigenvalue weighted by molar-refractivity contribution is -0.149. The molecule has 1 N–H and O–H groups in total. The van der Waals surface area contributed by atoms with Gasteiger partial charge in [-0.2, -0.15) is 5.10 Å². The molecule has 1 aromatic heterocycles. The molecule has 0 aromatic carbocycles. The topological polar surface area (TPSA) is 58.4 Å². The van der Waals surface area contributed by atoms with E-state index in [2.05, 4.69) is 12.0 Å². The Bertz CT molecular complexity index is 399. The Hall–Kier alpha value is -1.36. The molecular weight excluding hydrogens is 230 g/mol. The molecule has 5 nitrogen and oxygen atoms in total. The van der Waals surface area contributed by atoms with Gasteiger partial charge in [-0.1, -0.05) is 13.8 Å². The highest BCUT2D eigenvalue weighted by atomic mass is 16.4. The maximum Gasteiger partial charge on any atom is 0.323 e. The van der Waals surface area contributed by atoms with Crippen molar-refractivity contribution < 1.29 is 9.90 Å². The van der Waals surface area contributed by atoms with Gasteiger partial charge in [0, 0.05) is 19.3 Å². The maximum absolute atomic E-state index is 11.3. The number of likely N-dealkylation sites (N-methyl/N-ethyl adjacent to an activating group) is 1. The second-order valence-electron chi connectivity index (χ2n) is 4.92. The molecule has 0 aliphatic carbocycles. The van der Waals surface area contributed by atoms with Gasteiger partial charge >= 0.3 is 5.97 Å². The van der Waals surface area contributed by atoms with E-state index in [9.17, 15) is 9.90 Å². The molecule has 0 unspecified atom stereocenters. The first-order valence-corrected chi connectivity index (χ1v) is 6.42. The number of aliphatic carboxylic acids is 1. The summed E-state index contributed by atoms with van der Waals surface area (Å²) in [5, 5.41) is 13.5. The van der Waals surface area contributed by atoms with Crippen LogP contribution in [0.4, 0.5) is 0 Å². The summed E-state index contributed by atoms with van der Waals surface area (Å²) >= 11 is 0. The standard InChI is InChI=1S/C13H23N3O2/c1-5-9-16-11(7-8-14-16)10-15(6-2)13(3,4)12(17)18/h7-8H,5-6,9-10H2,1-4H3,(H,17,18). The van der Waals surface area contributed by atoms with E-state index in [4.69, 9.17) is 0 Å². The van der Waals surface area contributed by atoms with E-state index in [0.29, 0.717) is 13.1 Å². The van der Waals surface area contributed by atoms with Crippen LogP contribution in [0.25, 0.3) is 0 Å². The van der Waals surface area contributed by atoms with Crippen molar-refractivity contribution in [2.45, 2.75) is 52.7 Å². The first-order valence-electron chi connectivity index (χ1n) is 6.42. The van der Waals surface area contributed by atoms with Crippen molar-refractivity contribution in [3.63, 3.8) is 0 Å². The molecule has 0 fully saturated rings. The van der Waals surface area contributed by atoms with E-state index in [0.717, 1.165) is 18.7 Å². The number of carbonyl (C=O) groups is 1. The fourth-order valence-corrected chi connectivity index (χ4v) is 1.94. The van der Waals surface area contributed by atoms with Crippen molar-refractivity contribution in [2.24, 2.45) is 0 Å². The largest absolute Gasteiger partial charge is 0.480 e.